The minimum Gasteiger partial charge on any atom is -0.504 e. The largest absolute Gasteiger partial charge is 0.504 e. The van der Waals surface area contributed by atoms with Crippen LogP contribution < -0.4 is 0 Å². The highest BCUT2D eigenvalue weighted by atomic mass is 16.4. The van der Waals surface area contributed by atoms with Crippen molar-refractivity contribution in [1.29, 1.82) is 5.26 Å². The summed E-state index contributed by atoms with van der Waals surface area (Å²) < 4.78 is 5.34. The first-order valence-electron chi connectivity index (χ1n) is 5.17. The van der Waals surface area contributed by atoms with Gasteiger partial charge in [-0.15, -0.1) is 0 Å². The maximum Gasteiger partial charge on any atom is 0.196 e. The van der Waals surface area contributed by atoms with Crippen LogP contribution in [0.3, 0.4) is 0 Å². The first-order valence-corrected chi connectivity index (χ1v) is 5.17. The van der Waals surface area contributed by atoms with E-state index in [0.29, 0.717) is 22.6 Å². The first kappa shape index (κ1) is 9.22. The zero-order valence-corrected chi connectivity index (χ0v) is 8.82. The number of nitriles is 1. The van der Waals surface area contributed by atoms with Gasteiger partial charge in [-0.3, -0.25) is 0 Å². The van der Waals surface area contributed by atoms with Gasteiger partial charge in [-0.1, -0.05) is 6.07 Å². The smallest absolute Gasteiger partial charge is 0.196 e. The predicted molar refractivity (Wildman–Crippen MR) is 56.9 cm³/mol. The summed E-state index contributed by atoms with van der Waals surface area (Å²) in [6.07, 6.45) is 1.60. The van der Waals surface area contributed by atoms with Crippen molar-refractivity contribution < 1.29 is 9.52 Å². The van der Waals surface area contributed by atoms with Gasteiger partial charge < -0.3 is 9.52 Å². The molecule has 0 spiro atoms. The third kappa shape index (κ3) is 1.06. The van der Waals surface area contributed by atoms with Crippen molar-refractivity contribution in [3.63, 3.8) is 0 Å². The number of benzene rings is 1. The number of phenolic OH excluding ortho intramolecular Hbond substituents is 1. The molecule has 0 unspecified atom stereocenters. The fourth-order valence-corrected chi connectivity index (χ4v) is 2.04. The summed E-state index contributed by atoms with van der Waals surface area (Å²) >= 11 is 0. The lowest BCUT2D eigenvalue weighted by Gasteiger charge is -2.07. The summed E-state index contributed by atoms with van der Waals surface area (Å²) in [7, 11) is 0. The number of phenols is 1. The zero-order valence-electron chi connectivity index (χ0n) is 8.82. The van der Waals surface area contributed by atoms with Crippen molar-refractivity contribution in [1.82, 2.24) is 4.98 Å². The number of aromatic nitrogens is 1. The molecule has 0 bridgehead atoms. The SMILES string of the molecule is Cc1nc2ccc(C3(C#N)CC3)c(O)c2o1. The van der Waals surface area contributed by atoms with Crippen LogP contribution in [0.15, 0.2) is 16.5 Å². The molecular formula is C12H10N2O2. The molecule has 4 heteroatoms. The Labute approximate surface area is 92.1 Å². The molecule has 4 nitrogen and oxygen atoms in total. The van der Waals surface area contributed by atoms with E-state index < -0.39 is 5.41 Å². The molecule has 0 amide bonds. The van der Waals surface area contributed by atoms with Crippen LogP contribution in [0.2, 0.25) is 0 Å². The molecule has 1 saturated carbocycles. The summed E-state index contributed by atoms with van der Waals surface area (Å²) in [5.74, 6) is 0.585. The van der Waals surface area contributed by atoms with Crippen LogP contribution in [0.1, 0.15) is 24.3 Å². The molecule has 2 aromatic rings. The second-order valence-electron chi connectivity index (χ2n) is 4.24. The Morgan fingerprint density at radius 1 is 1.50 bits per heavy atom. The van der Waals surface area contributed by atoms with Crippen LogP contribution in [-0.2, 0) is 5.41 Å². The van der Waals surface area contributed by atoms with Crippen molar-refractivity contribution in [2.75, 3.05) is 0 Å². The normalized spacial score (nSPS) is 17.2. The third-order valence-corrected chi connectivity index (χ3v) is 3.12. The molecular weight excluding hydrogens is 204 g/mol. The summed E-state index contributed by atoms with van der Waals surface area (Å²) in [6.45, 7) is 1.73. The summed E-state index contributed by atoms with van der Waals surface area (Å²) in [5, 5.41) is 19.2. The van der Waals surface area contributed by atoms with E-state index in [1.807, 2.05) is 0 Å². The second kappa shape index (κ2) is 2.76. The Balaban J connectivity index is 2.28. The van der Waals surface area contributed by atoms with E-state index in [1.165, 1.54) is 0 Å². The molecule has 16 heavy (non-hydrogen) atoms. The topological polar surface area (TPSA) is 70.0 Å². The molecule has 1 aromatic heterocycles. The standard InChI is InChI=1S/C12H10N2O2/c1-7-14-9-3-2-8(10(15)11(9)16-7)12(6-13)4-5-12/h2-3,15H,4-5H2,1H3. The average molecular weight is 214 g/mol. The minimum absolute atomic E-state index is 0.0668. The second-order valence-corrected chi connectivity index (χ2v) is 4.24. The van der Waals surface area contributed by atoms with Crippen molar-refractivity contribution in [2.24, 2.45) is 0 Å². The first-order chi connectivity index (χ1) is 7.66. The summed E-state index contributed by atoms with van der Waals surface area (Å²) in [6, 6.07) is 5.82. The van der Waals surface area contributed by atoms with Gasteiger partial charge >= 0.3 is 0 Å². The van der Waals surface area contributed by atoms with Crippen LogP contribution in [0.25, 0.3) is 11.1 Å². The molecule has 1 heterocycles. The lowest BCUT2D eigenvalue weighted by atomic mass is 9.96. The van der Waals surface area contributed by atoms with Gasteiger partial charge in [0.05, 0.1) is 11.5 Å². The van der Waals surface area contributed by atoms with E-state index in [4.69, 9.17) is 9.68 Å². The van der Waals surface area contributed by atoms with Crippen molar-refractivity contribution in [3.05, 3.63) is 23.6 Å². The molecule has 0 aliphatic heterocycles. The lowest BCUT2D eigenvalue weighted by Crippen LogP contribution is -2.02. The summed E-state index contributed by atoms with van der Waals surface area (Å²) in [4.78, 5) is 4.13. The Bertz CT molecular complexity index is 618. The number of aryl methyl sites for hydroxylation is 1. The van der Waals surface area contributed by atoms with Crippen LogP contribution in [0.4, 0.5) is 0 Å². The summed E-state index contributed by atoms with van der Waals surface area (Å²) in [5.41, 5.74) is 1.18. The number of aromatic hydroxyl groups is 1. The highest BCUT2D eigenvalue weighted by Crippen LogP contribution is 2.51. The van der Waals surface area contributed by atoms with E-state index in [1.54, 1.807) is 19.1 Å². The molecule has 1 aromatic carbocycles. The monoisotopic (exact) mass is 214 g/mol. The number of hydrogen-bond acceptors (Lipinski definition) is 4. The van der Waals surface area contributed by atoms with Gasteiger partial charge in [-0.05, 0) is 18.9 Å². The van der Waals surface area contributed by atoms with Crippen molar-refractivity contribution >= 4 is 11.1 Å². The number of hydrogen-bond donors (Lipinski definition) is 1. The lowest BCUT2D eigenvalue weighted by molar-refractivity contribution is 0.451. The van der Waals surface area contributed by atoms with Crippen molar-refractivity contribution in [3.8, 4) is 11.8 Å². The van der Waals surface area contributed by atoms with E-state index in [2.05, 4.69) is 11.1 Å². The Morgan fingerprint density at radius 3 is 2.88 bits per heavy atom. The zero-order chi connectivity index (χ0) is 11.3. The fraction of sp³-hybridized carbons (Fsp3) is 0.333. The van der Waals surface area contributed by atoms with Crippen LogP contribution in [0.5, 0.6) is 5.75 Å². The number of rotatable bonds is 1. The third-order valence-electron chi connectivity index (χ3n) is 3.12. The van der Waals surface area contributed by atoms with Crippen LogP contribution >= 0.6 is 0 Å². The molecule has 1 aliphatic rings. The van der Waals surface area contributed by atoms with Gasteiger partial charge in [-0.25, -0.2) is 4.98 Å². The maximum atomic E-state index is 10.1. The van der Waals surface area contributed by atoms with Gasteiger partial charge in [0, 0.05) is 12.5 Å². The van der Waals surface area contributed by atoms with Crippen molar-refractivity contribution in [2.45, 2.75) is 25.2 Å². The van der Waals surface area contributed by atoms with E-state index in [9.17, 15) is 5.11 Å². The molecule has 0 atom stereocenters. The van der Waals surface area contributed by atoms with Gasteiger partial charge in [0.1, 0.15) is 5.52 Å². The van der Waals surface area contributed by atoms with Crippen LogP contribution in [0, 0.1) is 18.3 Å². The number of oxazole rings is 1. The highest BCUT2D eigenvalue weighted by Gasteiger charge is 2.47. The Hall–Kier alpha value is -2.02. The molecule has 3 rings (SSSR count). The molecule has 1 fully saturated rings. The van der Waals surface area contributed by atoms with Gasteiger partial charge in [0.2, 0.25) is 0 Å². The molecule has 1 N–H and O–H groups in total. The van der Waals surface area contributed by atoms with Gasteiger partial charge in [0.25, 0.3) is 0 Å². The number of fused-ring (bicyclic) bond motifs is 1. The molecule has 1 aliphatic carbocycles. The number of nitrogens with zero attached hydrogens (tertiary/aromatic N) is 2. The molecule has 0 saturated heterocycles. The molecule has 0 radical (unpaired) electrons. The quantitative estimate of drug-likeness (QED) is 0.791. The molecule has 80 valence electrons. The van der Waals surface area contributed by atoms with Gasteiger partial charge in [0.15, 0.2) is 17.2 Å². The Morgan fingerprint density at radius 2 is 2.25 bits per heavy atom. The minimum atomic E-state index is -0.501. The maximum absolute atomic E-state index is 10.1. The van der Waals surface area contributed by atoms with Gasteiger partial charge in [-0.2, -0.15) is 5.26 Å². The van der Waals surface area contributed by atoms with Crippen LogP contribution in [-0.4, -0.2) is 10.1 Å². The van der Waals surface area contributed by atoms with E-state index >= 15 is 0 Å². The van der Waals surface area contributed by atoms with E-state index in [-0.39, 0.29) is 5.75 Å². The fourth-order valence-electron chi connectivity index (χ4n) is 2.04. The highest BCUT2D eigenvalue weighted by molar-refractivity contribution is 5.82. The van der Waals surface area contributed by atoms with E-state index in [0.717, 1.165) is 12.8 Å². The predicted octanol–water partition coefficient (Wildman–Crippen LogP) is 2.40. The Kier molecular flexibility index (Phi) is 1.59. The average Bonchev–Trinajstić information content (AvgIpc) is 2.96.